The van der Waals surface area contributed by atoms with Crippen LogP contribution in [0.2, 0.25) is 18.1 Å². The van der Waals surface area contributed by atoms with Crippen LogP contribution in [-0.2, 0) is 9.22 Å². The van der Waals surface area contributed by atoms with E-state index in [0.717, 1.165) is 0 Å². The van der Waals surface area contributed by atoms with E-state index < -0.39 is 32.2 Å². The van der Waals surface area contributed by atoms with Gasteiger partial charge in [-0.05, 0) is 48.4 Å². The molecule has 1 aromatic carbocycles. The number of amides is 1. The lowest BCUT2D eigenvalue weighted by Crippen LogP contribution is -2.56. The zero-order valence-electron chi connectivity index (χ0n) is 19.2. The van der Waals surface area contributed by atoms with Crippen LogP contribution in [0.5, 0.6) is 5.75 Å². The van der Waals surface area contributed by atoms with Gasteiger partial charge in [0.05, 0.1) is 6.04 Å². The summed E-state index contributed by atoms with van der Waals surface area (Å²) in [5.41, 5.74) is 0.648. The molecule has 3 atom stereocenters. The van der Waals surface area contributed by atoms with Gasteiger partial charge in [0.25, 0.3) is 0 Å². The molecule has 1 aliphatic heterocycles. The Labute approximate surface area is 183 Å². The highest BCUT2D eigenvalue weighted by Gasteiger charge is 2.46. The molecule has 0 fully saturated rings. The van der Waals surface area contributed by atoms with Crippen LogP contribution in [-0.4, -0.2) is 59.2 Å². The predicted octanol–water partition coefficient (Wildman–Crippen LogP) is 2.68. The lowest BCUT2D eigenvalue weighted by molar-refractivity contribution is -0.133. The molecular weight excluding hydrogens is 418 g/mol. The Hall–Kier alpha value is -2.01. The lowest BCUT2D eigenvalue weighted by Gasteiger charge is -2.43. The normalized spacial score (nSPS) is 22.0. The number of hydrogen-bond acceptors (Lipinski definition) is 8. The van der Waals surface area contributed by atoms with Crippen molar-refractivity contribution >= 4 is 25.3 Å². The van der Waals surface area contributed by atoms with Gasteiger partial charge in [0.1, 0.15) is 34.6 Å². The van der Waals surface area contributed by atoms with Crippen molar-refractivity contribution in [3.63, 3.8) is 0 Å². The van der Waals surface area contributed by atoms with E-state index in [4.69, 9.17) is 13.8 Å². The molecule has 1 aliphatic rings. The molecule has 1 amide bonds. The fourth-order valence-electron chi connectivity index (χ4n) is 3.37. The topological polar surface area (TPSA) is 127 Å². The third kappa shape index (κ3) is 4.62. The van der Waals surface area contributed by atoms with Crippen LogP contribution in [0, 0.1) is 0 Å². The number of aromatic nitrogens is 2. The standard InChI is InChI=1S/C21H33N3O6Si/c1-20(2,3)31(6,7)29-15(8-9-25)19(27)22-17-12-10-13-14(24-30-23-13)11-16(12)28-21(4,5)18(17)26/h10-11,15,17-18,25-26H,8-9H2,1-7H3,(H,22,27). The van der Waals surface area contributed by atoms with Crippen molar-refractivity contribution in [1.82, 2.24) is 15.6 Å². The Bertz CT molecular complexity index is 952. The molecule has 1 aromatic heterocycles. The maximum absolute atomic E-state index is 13.3. The monoisotopic (exact) mass is 451 g/mol. The summed E-state index contributed by atoms with van der Waals surface area (Å²) in [6, 6.07) is 2.63. The first-order chi connectivity index (χ1) is 14.3. The van der Waals surface area contributed by atoms with Gasteiger partial charge in [-0.15, -0.1) is 0 Å². The van der Waals surface area contributed by atoms with Gasteiger partial charge < -0.3 is 24.7 Å². The number of carbonyl (C=O) groups is 1. The average Bonchev–Trinajstić information content (AvgIpc) is 3.09. The number of benzene rings is 1. The number of nitrogens with one attached hydrogen (secondary N) is 1. The molecule has 0 saturated carbocycles. The van der Waals surface area contributed by atoms with Crippen molar-refractivity contribution in [2.75, 3.05) is 6.61 Å². The van der Waals surface area contributed by atoms with Crippen molar-refractivity contribution in [1.29, 1.82) is 0 Å². The second-order valence-electron chi connectivity index (χ2n) is 10.2. The van der Waals surface area contributed by atoms with Crippen LogP contribution < -0.4 is 10.1 Å². The van der Waals surface area contributed by atoms with E-state index in [1.165, 1.54) is 0 Å². The second-order valence-corrected chi connectivity index (χ2v) is 14.9. The smallest absolute Gasteiger partial charge is 0.248 e. The molecular formula is C21H33N3O6Si. The summed E-state index contributed by atoms with van der Waals surface area (Å²) in [5.74, 6) is 0.109. The number of fused-ring (bicyclic) bond motifs is 2. The Balaban J connectivity index is 1.92. The molecule has 3 unspecified atom stereocenters. The fraction of sp³-hybridized carbons (Fsp3) is 0.667. The van der Waals surface area contributed by atoms with Crippen LogP contribution in [0.4, 0.5) is 0 Å². The molecule has 0 aliphatic carbocycles. The molecule has 31 heavy (non-hydrogen) atoms. The highest BCUT2D eigenvalue weighted by atomic mass is 28.4. The van der Waals surface area contributed by atoms with Gasteiger partial charge in [-0.2, -0.15) is 0 Å². The van der Waals surface area contributed by atoms with Gasteiger partial charge in [0.2, 0.25) is 5.91 Å². The van der Waals surface area contributed by atoms with E-state index in [0.29, 0.717) is 22.3 Å². The Morgan fingerprint density at radius 2 is 1.90 bits per heavy atom. The summed E-state index contributed by atoms with van der Waals surface area (Å²) < 4.78 is 17.1. The minimum Gasteiger partial charge on any atom is -0.485 e. The second kappa shape index (κ2) is 8.16. The predicted molar refractivity (Wildman–Crippen MR) is 117 cm³/mol. The first kappa shape index (κ1) is 23.6. The summed E-state index contributed by atoms with van der Waals surface area (Å²) in [5, 5.41) is 31.1. The maximum atomic E-state index is 13.3. The molecule has 2 heterocycles. The number of aliphatic hydroxyl groups is 2. The summed E-state index contributed by atoms with van der Waals surface area (Å²) >= 11 is 0. The number of rotatable bonds is 6. The van der Waals surface area contributed by atoms with Crippen molar-refractivity contribution in [2.45, 2.75) is 83.0 Å². The van der Waals surface area contributed by atoms with Crippen molar-refractivity contribution in [2.24, 2.45) is 0 Å². The van der Waals surface area contributed by atoms with Crippen LogP contribution >= 0.6 is 0 Å². The molecule has 10 heteroatoms. The summed E-state index contributed by atoms with van der Waals surface area (Å²) in [7, 11) is -2.27. The van der Waals surface area contributed by atoms with E-state index in [9.17, 15) is 15.0 Å². The zero-order chi connectivity index (χ0) is 23.2. The van der Waals surface area contributed by atoms with Gasteiger partial charge >= 0.3 is 0 Å². The van der Waals surface area contributed by atoms with E-state index in [-0.39, 0.29) is 24.0 Å². The fourth-order valence-corrected chi connectivity index (χ4v) is 4.66. The summed E-state index contributed by atoms with van der Waals surface area (Å²) in [4.78, 5) is 13.3. The summed E-state index contributed by atoms with van der Waals surface area (Å²) in [6.07, 6.45) is -1.69. The van der Waals surface area contributed by atoms with E-state index >= 15 is 0 Å². The molecule has 3 N–H and O–H groups in total. The molecule has 0 spiro atoms. The van der Waals surface area contributed by atoms with Crippen LogP contribution in [0.3, 0.4) is 0 Å². The Kier molecular flexibility index (Phi) is 6.22. The molecule has 172 valence electrons. The third-order valence-electron chi connectivity index (χ3n) is 6.35. The van der Waals surface area contributed by atoms with Crippen LogP contribution in [0.25, 0.3) is 11.0 Å². The highest BCUT2D eigenvalue weighted by Crippen LogP contribution is 2.42. The summed E-state index contributed by atoms with van der Waals surface area (Å²) in [6.45, 7) is 13.7. The minimum absolute atomic E-state index is 0.0979. The van der Waals surface area contributed by atoms with Gasteiger partial charge in [-0.3, -0.25) is 4.79 Å². The quantitative estimate of drug-likeness (QED) is 0.572. The van der Waals surface area contributed by atoms with Crippen molar-refractivity contribution < 1.29 is 28.8 Å². The maximum Gasteiger partial charge on any atom is 0.248 e. The zero-order valence-corrected chi connectivity index (χ0v) is 20.2. The molecule has 0 bridgehead atoms. The number of aliphatic hydroxyl groups excluding tert-OH is 2. The molecule has 3 rings (SSSR count). The average molecular weight is 452 g/mol. The van der Waals surface area contributed by atoms with Gasteiger partial charge in [-0.25, -0.2) is 4.63 Å². The van der Waals surface area contributed by atoms with E-state index in [1.807, 2.05) is 0 Å². The largest absolute Gasteiger partial charge is 0.485 e. The van der Waals surface area contributed by atoms with Crippen molar-refractivity contribution in [3.8, 4) is 5.75 Å². The minimum atomic E-state index is -2.27. The first-order valence-corrected chi connectivity index (χ1v) is 13.4. The highest BCUT2D eigenvalue weighted by molar-refractivity contribution is 6.74. The van der Waals surface area contributed by atoms with Crippen LogP contribution in [0.1, 0.15) is 52.6 Å². The van der Waals surface area contributed by atoms with Crippen LogP contribution in [0.15, 0.2) is 16.8 Å². The Morgan fingerprint density at radius 3 is 2.48 bits per heavy atom. The SMILES string of the molecule is CC1(C)Oc2cc3nonc3cc2C(NC(=O)C(CCO)O[Si](C)(C)C(C)(C)C)C1O. The van der Waals surface area contributed by atoms with E-state index in [2.05, 4.69) is 49.5 Å². The van der Waals surface area contributed by atoms with Gasteiger partial charge in [-0.1, -0.05) is 20.8 Å². The molecule has 2 aromatic rings. The number of nitrogens with zero attached hydrogens (tertiary/aromatic N) is 2. The Morgan fingerprint density at radius 1 is 1.29 bits per heavy atom. The molecule has 9 nitrogen and oxygen atoms in total. The van der Waals surface area contributed by atoms with Crippen molar-refractivity contribution in [3.05, 3.63) is 17.7 Å². The lowest BCUT2D eigenvalue weighted by atomic mass is 9.86. The van der Waals surface area contributed by atoms with E-state index in [1.54, 1.807) is 26.0 Å². The number of carbonyl (C=O) groups excluding carboxylic acids is 1. The first-order valence-electron chi connectivity index (χ1n) is 10.5. The van der Waals surface area contributed by atoms with Gasteiger partial charge in [0.15, 0.2) is 8.32 Å². The number of hydrogen-bond donors (Lipinski definition) is 3. The molecule has 0 saturated heterocycles. The molecule has 0 radical (unpaired) electrons. The third-order valence-corrected chi connectivity index (χ3v) is 10.8. The number of ether oxygens (including phenoxy) is 1. The van der Waals surface area contributed by atoms with Gasteiger partial charge in [0, 0.05) is 24.7 Å².